The lowest BCUT2D eigenvalue weighted by atomic mass is 10.2. The number of benzene rings is 3. The van der Waals surface area contributed by atoms with Crippen LogP contribution in [0.15, 0.2) is 83.7 Å². The molecule has 180 valence electrons. The summed E-state index contributed by atoms with van der Waals surface area (Å²) in [7, 11) is 1.53. The Morgan fingerprint density at radius 2 is 1.69 bits per heavy atom. The van der Waals surface area contributed by atoms with Crippen molar-refractivity contribution in [2.24, 2.45) is 0 Å². The lowest BCUT2D eigenvalue weighted by molar-refractivity contribution is 0.102. The van der Waals surface area contributed by atoms with Crippen molar-refractivity contribution < 1.29 is 14.3 Å². The van der Waals surface area contributed by atoms with Gasteiger partial charge in [0.05, 0.1) is 19.4 Å². The van der Waals surface area contributed by atoms with Crippen LogP contribution in [0.5, 0.6) is 11.5 Å². The number of hydrogen-bond acceptors (Lipinski definition) is 6. The van der Waals surface area contributed by atoms with Crippen LogP contribution in [0, 0.1) is 0 Å². The number of amides is 1. The molecule has 9 heteroatoms. The number of H-pyrrole nitrogens is 1. The molecule has 0 saturated heterocycles. The monoisotopic (exact) mass is 481 g/mol. The Labute approximate surface area is 206 Å². The van der Waals surface area contributed by atoms with Crippen LogP contribution in [-0.2, 0) is 0 Å². The maximum Gasteiger partial charge on any atom is 0.332 e. The molecule has 1 amide bonds. The minimum atomic E-state index is -0.478. The molecule has 0 radical (unpaired) electrons. The average Bonchev–Trinajstić information content (AvgIpc) is 3.24. The highest BCUT2D eigenvalue weighted by Gasteiger charge is 2.23. The number of nitrogens with zero attached hydrogens (tertiary/aromatic N) is 3. The number of rotatable bonds is 7. The van der Waals surface area contributed by atoms with Crippen molar-refractivity contribution in [2.75, 3.05) is 19.0 Å². The fraction of sp³-hybridized carbons (Fsp3) is 0.111. The van der Waals surface area contributed by atoms with E-state index in [1.54, 1.807) is 48.5 Å². The van der Waals surface area contributed by atoms with E-state index < -0.39 is 11.6 Å². The topological polar surface area (TPSA) is 111 Å². The zero-order chi connectivity index (χ0) is 25.1. The summed E-state index contributed by atoms with van der Waals surface area (Å²) in [6.07, 6.45) is 0. The minimum absolute atomic E-state index is 0.0403. The molecule has 3 aromatic carbocycles. The van der Waals surface area contributed by atoms with Crippen molar-refractivity contribution in [3.05, 3.63) is 95.0 Å². The molecule has 0 fully saturated rings. The number of ether oxygens (including phenoxy) is 2. The highest BCUT2D eigenvalue weighted by Crippen LogP contribution is 2.27. The fourth-order valence-electron chi connectivity index (χ4n) is 3.89. The van der Waals surface area contributed by atoms with Crippen LogP contribution < -0.4 is 20.5 Å². The van der Waals surface area contributed by atoms with Crippen LogP contribution >= 0.6 is 0 Å². The highest BCUT2D eigenvalue weighted by molar-refractivity contribution is 6.10. The first kappa shape index (κ1) is 22.9. The SMILES string of the molecule is CCOc1ccc(-c2nc(C(=O)Nc3ccccc3)c3[nH]c(=O)n(-c4ccccc4OC)c3n2)cc1. The van der Waals surface area contributed by atoms with Crippen LogP contribution in [0.1, 0.15) is 17.4 Å². The van der Waals surface area contributed by atoms with Gasteiger partial charge >= 0.3 is 5.69 Å². The molecule has 0 bridgehead atoms. The number of aromatic nitrogens is 4. The first-order chi connectivity index (χ1) is 17.6. The van der Waals surface area contributed by atoms with Crippen LogP contribution in [0.3, 0.4) is 0 Å². The molecular weight excluding hydrogens is 458 g/mol. The molecule has 0 aliphatic carbocycles. The lowest BCUT2D eigenvalue weighted by Gasteiger charge is -2.11. The van der Waals surface area contributed by atoms with E-state index >= 15 is 0 Å². The molecular formula is C27H23N5O4. The minimum Gasteiger partial charge on any atom is -0.495 e. The van der Waals surface area contributed by atoms with Crippen LogP contribution in [0.4, 0.5) is 5.69 Å². The maximum absolute atomic E-state index is 13.4. The fourth-order valence-corrected chi connectivity index (χ4v) is 3.89. The number of anilines is 1. The first-order valence-corrected chi connectivity index (χ1v) is 11.3. The zero-order valence-corrected chi connectivity index (χ0v) is 19.7. The Kier molecular flexibility index (Phi) is 6.19. The quantitative estimate of drug-likeness (QED) is 0.356. The first-order valence-electron chi connectivity index (χ1n) is 11.3. The number of carbonyl (C=O) groups is 1. The van der Waals surface area contributed by atoms with Crippen molar-refractivity contribution in [2.45, 2.75) is 6.92 Å². The number of fused-ring (bicyclic) bond motifs is 1. The van der Waals surface area contributed by atoms with E-state index in [1.807, 2.05) is 37.3 Å². The van der Waals surface area contributed by atoms with Crippen LogP contribution in [0.25, 0.3) is 28.2 Å². The number of carbonyl (C=O) groups excluding carboxylic acids is 1. The van der Waals surface area contributed by atoms with Gasteiger partial charge in [0, 0.05) is 11.3 Å². The van der Waals surface area contributed by atoms with Gasteiger partial charge < -0.3 is 19.8 Å². The van der Waals surface area contributed by atoms with Gasteiger partial charge in [-0.15, -0.1) is 0 Å². The summed E-state index contributed by atoms with van der Waals surface area (Å²) in [6, 6.07) is 23.4. The van der Waals surface area contributed by atoms with E-state index in [4.69, 9.17) is 9.47 Å². The molecule has 0 spiro atoms. The van der Waals surface area contributed by atoms with Gasteiger partial charge in [0.25, 0.3) is 5.91 Å². The van der Waals surface area contributed by atoms with Crippen molar-refractivity contribution >= 4 is 22.8 Å². The lowest BCUT2D eigenvalue weighted by Crippen LogP contribution is -2.16. The Bertz CT molecular complexity index is 1590. The Morgan fingerprint density at radius 1 is 0.972 bits per heavy atom. The summed E-state index contributed by atoms with van der Waals surface area (Å²) in [5, 5.41) is 2.84. The van der Waals surface area contributed by atoms with Gasteiger partial charge in [0.15, 0.2) is 17.2 Å². The van der Waals surface area contributed by atoms with Crippen molar-refractivity contribution in [1.29, 1.82) is 0 Å². The van der Waals surface area contributed by atoms with E-state index in [2.05, 4.69) is 20.3 Å². The second-order valence-corrected chi connectivity index (χ2v) is 7.81. The normalized spacial score (nSPS) is 10.8. The Hall–Kier alpha value is -4.92. The van der Waals surface area contributed by atoms with Crippen molar-refractivity contribution in [1.82, 2.24) is 19.5 Å². The van der Waals surface area contributed by atoms with Gasteiger partial charge in [0.1, 0.15) is 17.0 Å². The smallest absolute Gasteiger partial charge is 0.332 e. The molecule has 0 saturated carbocycles. The standard InChI is InChI=1S/C27H23N5O4/c1-3-36-19-15-13-17(14-16-19)24-29-23(26(33)28-18-9-5-4-6-10-18)22-25(31-24)32(27(34)30-22)20-11-7-8-12-21(20)35-2/h4-16H,3H2,1-2H3,(H,28,33)(H,30,34). The summed E-state index contributed by atoms with van der Waals surface area (Å²) >= 11 is 0. The van der Waals surface area contributed by atoms with E-state index in [0.717, 1.165) is 0 Å². The molecule has 0 unspecified atom stereocenters. The molecule has 9 nitrogen and oxygen atoms in total. The predicted molar refractivity (Wildman–Crippen MR) is 137 cm³/mol. The number of hydrogen-bond donors (Lipinski definition) is 2. The van der Waals surface area contributed by atoms with Gasteiger partial charge in [-0.2, -0.15) is 0 Å². The molecule has 0 atom stereocenters. The molecule has 5 rings (SSSR count). The van der Waals surface area contributed by atoms with E-state index in [1.165, 1.54) is 11.7 Å². The second kappa shape index (κ2) is 9.75. The highest BCUT2D eigenvalue weighted by atomic mass is 16.5. The largest absolute Gasteiger partial charge is 0.495 e. The number of para-hydroxylation sites is 3. The summed E-state index contributed by atoms with van der Waals surface area (Å²) < 4.78 is 12.4. The Balaban J connectivity index is 1.72. The number of imidazole rings is 1. The third-order valence-electron chi connectivity index (χ3n) is 5.53. The average molecular weight is 482 g/mol. The predicted octanol–water partition coefficient (Wildman–Crippen LogP) is 4.44. The molecule has 0 aliphatic heterocycles. The van der Waals surface area contributed by atoms with Gasteiger partial charge in [-0.1, -0.05) is 30.3 Å². The number of aromatic amines is 1. The number of methoxy groups -OCH3 is 1. The molecule has 36 heavy (non-hydrogen) atoms. The molecule has 5 aromatic rings. The Morgan fingerprint density at radius 3 is 2.42 bits per heavy atom. The molecule has 0 aliphatic rings. The molecule has 2 N–H and O–H groups in total. The molecule has 2 heterocycles. The van der Waals surface area contributed by atoms with Gasteiger partial charge in [-0.3, -0.25) is 4.79 Å². The van der Waals surface area contributed by atoms with Crippen LogP contribution in [0.2, 0.25) is 0 Å². The maximum atomic E-state index is 13.4. The van der Waals surface area contributed by atoms with E-state index in [9.17, 15) is 9.59 Å². The van der Waals surface area contributed by atoms with Crippen molar-refractivity contribution in [3.63, 3.8) is 0 Å². The van der Waals surface area contributed by atoms with Crippen LogP contribution in [-0.4, -0.2) is 39.1 Å². The van der Waals surface area contributed by atoms with Gasteiger partial charge in [-0.25, -0.2) is 19.3 Å². The second-order valence-electron chi connectivity index (χ2n) is 7.81. The van der Waals surface area contributed by atoms with Gasteiger partial charge in [0.2, 0.25) is 0 Å². The summed E-state index contributed by atoms with van der Waals surface area (Å²) in [4.78, 5) is 38.5. The summed E-state index contributed by atoms with van der Waals surface area (Å²) in [5.74, 6) is 0.995. The van der Waals surface area contributed by atoms with E-state index in [0.29, 0.717) is 35.0 Å². The zero-order valence-electron chi connectivity index (χ0n) is 19.7. The van der Waals surface area contributed by atoms with E-state index in [-0.39, 0.29) is 22.7 Å². The summed E-state index contributed by atoms with van der Waals surface area (Å²) in [6.45, 7) is 2.45. The number of nitrogens with one attached hydrogen (secondary N) is 2. The third kappa shape index (κ3) is 4.29. The molecule has 2 aromatic heterocycles. The third-order valence-corrected chi connectivity index (χ3v) is 5.53. The summed E-state index contributed by atoms with van der Waals surface area (Å²) in [5.41, 5.74) is 1.79. The van der Waals surface area contributed by atoms with Crippen molar-refractivity contribution in [3.8, 4) is 28.6 Å². The van der Waals surface area contributed by atoms with Gasteiger partial charge in [-0.05, 0) is 55.5 Å².